The Labute approximate surface area is 97.3 Å². The highest BCUT2D eigenvalue weighted by Crippen LogP contribution is 2.23. The fraction of sp³-hybridized carbons (Fsp3) is 0.167. The summed E-state index contributed by atoms with van der Waals surface area (Å²) in [6, 6.07) is 6.60. The Bertz CT molecular complexity index is 637. The van der Waals surface area contributed by atoms with Gasteiger partial charge in [0.1, 0.15) is 0 Å². The quantitative estimate of drug-likeness (QED) is 0.821. The van der Waals surface area contributed by atoms with Crippen molar-refractivity contribution < 1.29 is 9.90 Å². The smallest absolute Gasteiger partial charge is 0.336 e. The van der Waals surface area contributed by atoms with Crippen molar-refractivity contribution in [3.63, 3.8) is 0 Å². The molecular weight excluding hydrogens is 220 g/mol. The Kier molecular flexibility index (Phi) is 2.59. The van der Waals surface area contributed by atoms with Crippen LogP contribution in [0.3, 0.4) is 0 Å². The van der Waals surface area contributed by atoms with E-state index in [0.717, 1.165) is 0 Å². The molecule has 2 aromatic rings. The van der Waals surface area contributed by atoms with E-state index >= 15 is 0 Å². The van der Waals surface area contributed by atoms with E-state index in [-0.39, 0.29) is 11.1 Å². The number of nitrogens with zero attached hydrogens (tertiary/aromatic N) is 1. The van der Waals surface area contributed by atoms with Crippen molar-refractivity contribution in [3.8, 4) is 11.3 Å². The van der Waals surface area contributed by atoms with E-state index in [4.69, 9.17) is 5.11 Å². The lowest BCUT2D eigenvalue weighted by Crippen LogP contribution is -2.12. The van der Waals surface area contributed by atoms with Gasteiger partial charge in [0.15, 0.2) is 0 Å². The number of carboxylic acids is 1. The first-order valence-corrected chi connectivity index (χ1v) is 5.10. The van der Waals surface area contributed by atoms with Crippen LogP contribution in [0.4, 0.5) is 0 Å². The van der Waals surface area contributed by atoms with Crippen LogP contribution in [0.2, 0.25) is 0 Å². The number of aromatic amines is 1. The fourth-order valence-electron chi connectivity index (χ4n) is 1.81. The maximum absolute atomic E-state index is 11.6. The summed E-state index contributed by atoms with van der Waals surface area (Å²) in [5.74, 6) is -1.01. The molecular formula is C12H12N2O3. The Morgan fingerprint density at radius 1 is 1.35 bits per heavy atom. The maximum Gasteiger partial charge on any atom is 0.336 e. The number of rotatable bonds is 2. The molecule has 0 bridgehead atoms. The topological polar surface area (TPSA) is 75.1 Å². The van der Waals surface area contributed by atoms with Gasteiger partial charge in [0.2, 0.25) is 0 Å². The molecule has 0 aliphatic heterocycles. The molecule has 0 aliphatic rings. The van der Waals surface area contributed by atoms with E-state index in [9.17, 15) is 9.59 Å². The van der Waals surface area contributed by atoms with Gasteiger partial charge in [0.05, 0.1) is 11.3 Å². The number of nitrogens with one attached hydrogen (secondary N) is 1. The first-order valence-electron chi connectivity index (χ1n) is 5.10. The molecule has 1 aromatic heterocycles. The summed E-state index contributed by atoms with van der Waals surface area (Å²) in [5.41, 5.74) is 1.62. The van der Waals surface area contributed by atoms with E-state index in [0.29, 0.717) is 16.8 Å². The van der Waals surface area contributed by atoms with E-state index in [1.807, 2.05) is 0 Å². The molecule has 17 heavy (non-hydrogen) atoms. The Morgan fingerprint density at radius 3 is 2.53 bits per heavy atom. The minimum atomic E-state index is -1.01. The van der Waals surface area contributed by atoms with Crippen molar-refractivity contribution in [2.24, 2.45) is 7.05 Å². The number of aromatic nitrogens is 2. The highest BCUT2D eigenvalue weighted by molar-refractivity contribution is 5.95. The van der Waals surface area contributed by atoms with Crippen LogP contribution in [0.1, 0.15) is 15.9 Å². The predicted molar refractivity (Wildman–Crippen MR) is 63.2 cm³/mol. The number of hydrogen-bond donors (Lipinski definition) is 2. The van der Waals surface area contributed by atoms with Gasteiger partial charge in [0.25, 0.3) is 5.56 Å². The van der Waals surface area contributed by atoms with Gasteiger partial charge in [-0.15, -0.1) is 0 Å². The third kappa shape index (κ3) is 1.75. The zero-order valence-electron chi connectivity index (χ0n) is 9.52. The van der Waals surface area contributed by atoms with Gasteiger partial charge < -0.3 is 5.11 Å². The van der Waals surface area contributed by atoms with Gasteiger partial charge in [-0.3, -0.25) is 14.6 Å². The summed E-state index contributed by atoms with van der Waals surface area (Å²) in [4.78, 5) is 22.7. The molecule has 0 spiro atoms. The highest BCUT2D eigenvalue weighted by atomic mass is 16.4. The van der Waals surface area contributed by atoms with Crippen LogP contribution in [0.15, 0.2) is 29.1 Å². The molecule has 5 nitrogen and oxygen atoms in total. The van der Waals surface area contributed by atoms with Crippen LogP contribution >= 0.6 is 0 Å². The summed E-state index contributed by atoms with van der Waals surface area (Å²) in [6.45, 7) is 1.67. The largest absolute Gasteiger partial charge is 0.478 e. The second-order valence-electron chi connectivity index (χ2n) is 3.83. The van der Waals surface area contributed by atoms with Gasteiger partial charge in [0, 0.05) is 18.2 Å². The molecule has 0 saturated heterocycles. The maximum atomic E-state index is 11.6. The molecule has 0 amide bonds. The lowest BCUT2D eigenvalue weighted by atomic mass is 10.0. The number of carboxylic acid groups (broad SMARTS) is 1. The van der Waals surface area contributed by atoms with Crippen LogP contribution in [0.5, 0.6) is 0 Å². The van der Waals surface area contributed by atoms with Crippen LogP contribution in [0, 0.1) is 6.92 Å². The summed E-state index contributed by atoms with van der Waals surface area (Å²) in [7, 11) is 1.60. The number of H-pyrrole nitrogens is 1. The monoisotopic (exact) mass is 232 g/mol. The Hall–Kier alpha value is -2.30. The summed E-state index contributed by atoms with van der Waals surface area (Å²) < 4.78 is 1.34. The molecule has 2 N–H and O–H groups in total. The normalized spacial score (nSPS) is 10.5. The average Bonchev–Trinajstić information content (AvgIpc) is 2.57. The van der Waals surface area contributed by atoms with E-state index in [1.165, 1.54) is 10.7 Å². The van der Waals surface area contributed by atoms with Crippen molar-refractivity contribution in [2.75, 3.05) is 0 Å². The standard InChI is InChI=1S/C12H12N2O3/c1-7-10(13-14(2)11(7)15)8-5-3-4-6-9(8)12(16)17/h3-6,13H,1-2H3,(H,16,17). The molecule has 5 heteroatoms. The number of benzene rings is 1. The molecule has 0 radical (unpaired) electrons. The zero-order chi connectivity index (χ0) is 12.6. The lowest BCUT2D eigenvalue weighted by molar-refractivity contribution is 0.0697. The molecule has 0 atom stereocenters. The highest BCUT2D eigenvalue weighted by Gasteiger charge is 2.16. The van der Waals surface area contributed by atoms with Crippen LogP contribution in [-0.4, -0.2) is 20.9 Å². The number of aromatic carboxylic acids is 1. The van der Waals surface area contributed by atoms with Gasteiger partial charge in [-0.05, 0) is 13.0 Å². The Balaban J connectivity index is 2.73. The third-order valence-electron chi connectivity index (χ3n) is 2.71. The second-order valence-corrected chi connectivity index (χ2v) is 3.83. The van der Waals surface area contributed by atoms with Crippen molar-refractivity contribution >= 4 is 5.97 Å². The van der Waals surface area contributed by atoms with Crippen molar-refractivity contribution in [1.29, 1.82) is 0 Å². The molecule has 0 fully saturated rings. The first-order chi connectivity index (χ1) is 8.02. The number of hydrogen-bond acceptors (Lipinski definition) is 2. The van der Waals surface area contributed by atoms with Gasteiger partial charge in [-0.25, -0.2) is 4.79 Å². The summed E-state index contributed by atoms with van der Waals surface area (Å²) in [6.07, 6.45) is 0. The van der Waals surface area contributed by atoms with Gasteiger partial charge in [-0.2, -0.15) is 0 Å². The molecule has 0 unspecified atom stereocenters. The predicted octanol–water partition coefficient (Wildman–Crippen LogP) is 1.39. The molecule has 2 rings (SSSR count). The molecule has 1 aromatic carbocycles. The molecule has 1 heterocycles. The molecule has 0 aliphatic carbocycles. The Morgan fingerprint density at radius 2 is 2.00 bits per heavy atom. The van der Waals surface area contributed by atoms with Crippen LogP contribution < -0.4 is 5.56 Å². The minimum absolute atomic E-state index is 0.153. The molecule has 88 valence electrons. The summed E-state index contributed by atoms with van der Waals surface area (Å²) >= 11 is 0. The fourth-order valence-corrected chi connectivity index (χ4v) is 1.81. The second kappa shape index (κ2) is 3.93. The van der Waals surface area contributed by atoms with E-state index in [1.54, 1.807) is 32.2 Å². The van der Waals surface area contributed by atoms with Gasteiger partial charge >= 0.3 is 5.97 Å². The van der Waals surface area contributed by atoms with Crippen molar-refractivity contribution in [3.05, 3.63) is 45.7 Å². The lowest BCUT2D eigenvalue weighted by Gasteiger charge is -2.04. The molecule has 0 saturated carbocycles. The van der Waals surface area contributed by atoms with Crippen molar-refractivity contribution in [1.82, 2.24) is 9.78 Å². The van der Waals surface area contributed by atoms with E-state index < -0.39 is 5.97 Å². The SMILES string of the molecule is Cc1c(-c2ccccc2C(=O)O)[nH]n(C)c1=O. The average molecular weight is 232 g/mol. The van der Waals surface area contributed by atoms with Crippen LogP contribution in [0.25, 0.3) is 11.3 Å². The van der Waals surface area contributed by atoms with Crippen LogP contribution in [-0.2, 0) is 7.05 Å². The summed E-state index contributed by atoms with van der Waals surface area (Å²) in [5, 5.41) is 12.0. The van der Waals surface area contributed by atoms with E-state index in [2.05, 4.69) is 5.10 Å². The third-order valence-corrected chi connectivity index (χ3v) is 2.71. The zero-order valence-corrected chi connectivity index (χ0v) is 9.52. The van der Waals surface area contributed by atoms with Crippen molar-refractivity contribution in [2.45, 2.75) is 6.92 Å². The number of carbonyl (C=O) groups is 1. The first kappa shape index (κ1) is 11.2. The minimum Gasteiger partial charge on any atom is -0.478 e. The number of aryl methyl sites for hydroxylation is 1. The van der Waals surface area contributed by atoms with Gasteiger partial charge in [-0.1, -0.05) is 18.2 Å².